The smallest absolute Gasteiger partial charge is 0.159 e. The fourth-order valence-corrected chi connectivity index (χ4v) is 8.05. The number of furan rings is 2. The maximum absolute atomic E-state index is 6.58. The van der Waals surface area contributed by atoms with E-state index in [1.54, 1.807) is 0 Å². The van der Waals surface area contributed by atoms with Crippen LogP contribution in [0.1, 0.15) is 0 Å². The van der Waals surface area contributed by atoms with Crippen molar-refractivity contribution in [2.75, 3.05) is 4.90 Å². The zero-order chi connectivity index (χ0) is 34.9. The first-order chi connectivity index (χ1) is 26.2. The normalized spacial score (nSPS) is 11.8. The molecule has 53 heavy (non-hydrogen) atoms. The van der Waals surface area contributed by atoms with E-state index in [9.17, 15) is 0 Å². The van der Waals surface area contributed by atoms with Gasteiger partial charge in [-0.2, -0.15) is 0 Å². The molecule has 0 aliphatic heterocycles. The fraction of sp³-hybridized carbons (Fsp3) is 0. The molecule has 11 rings (SSSR count). The van der Waals surface area contributed by atoms with Gasteiger partial charge in [0.05, 0.1) is 5.69 Å². The molecule has 0 saturated heterocycles. The van der Waals surface area contributed by atoms with Crippen LogP contribution in [0.15, 0.2) is 197 Å². The molecule has 0 amide bonds. The second-order valence-electron chi connectivity index (χ2n) is 13.7. The third kappa shape index (κ3) is 4.82. The largest absolute Gasteiger partial charge is 0.456 e. The van der Waals surface area contributed by atoms with Gasteiger partial charge in [0.2, 0.25) is 0 Å². The van der Waals surface area contributed by atoms with Gasteiger partial charge in [0.1, 0.15) is 16.7 Å². The van der Waals surface area contributed by atoms with Crippen molar-refractivity contribution in [1.29, 1.82) is 0 Å². The zero-order valence-electron chi connectivity index (χ0n) is 28.7. The predicted octanol–water partition coefficient (Wildman–Crippen LogP) is 14.6. The van der Waals surface area contributed by atoms with Crippen LogP contribution in [-0.4, -0.2) is 0 Å². The van der Waals surface area contributed by atoms with Crippen LogP contribution in [0.25, 0.3) is 87.7 Å². The molecular formula is C50H31NO2. The first-order valence-corrected chi connectivity index (χ1v) is 18.0. The molecule has 2 heterocycles. The van der Waals surface area contributed by atoms with E-state index in [1.165, 1.54) is 27.3 Å². The third-order valence-electron chi connectivity index (χ3n) is 10.6. The average Bonchev–Trinajstić information content (AvgIpc) is 3.79. The summed E-state index contributed by atoms with van der Waals surface area (Å²) in [6, 6.07) is 66.8. The maximum Gasteiger partial charge on any atom is 0.159 e. The Balaban J connectivity index is 1.02. The molecule has 0 aliphatic rings. The molecule has 0 unspecified atom stereocenters. The highest BCUT2D eigenvalue weighted by atomic mass is 16.3. The first-order valence-electron chi connectivity index (χ1n) is 18.0. The Labute approximate surface area is 305 Å². The maximum atomic E-state index is 6.58. The van der Waals surface area contributed by atoms with Crippen molar-refractivity contribution in [2.45, 2.75) is 0 Å². The SMILES string of the molecule is c1ccc2c(-c3ccc(N(c4ccc(-c5ccc6cc7c(cc6c5)oc5ccccc57)cc4)c4cccc5c4oc4ccccc45)cc3)cccc2c1. The van der Waals surface area contributed by atoms with E-state index in [2.05, 4.69) is 169 Å². The van der Waals surface area contributed by atoms with Crippen molar-refractivity contribution in [1.82, 2.24) is 0 Å². The van der Waals surface area contributed by atoms with Crippen LogP contribution in [0.2, 0.25) is 0 Å². The van der Waals surface area contributed by atoms with Crippen molar-refractivity contribution in [3.63, 3.8) is 0 Å². The molecule has 0 aliphatic carbocycles. The second kappa shape index (κ2) is 11.7. The lowest BCUT2D eigenvalue weighted by Gasteiger charge is -2.26. The summed E-state index contributed by atoms with van der Waals surface area (Å²) in [6.07, 6.45) is 0. The summed E-state index contributed by atoms with van der Waals surface area (Å²) >= 11 is 0. The van der Waals surface area contributed by atoms with Gasteiger partial charge in [-0.1, -0.05) is 127 Å². The van der Waals surface area contributed by atoms with Crippen LogP contribution in [0.3, 0.4) is 0 Å². The van der Waals surface area contributed by atoms with Crippen molar-refractivity contribution in [3.05, 3.63) is 188 Å². The lowest BCUT2D eigenvalue weighted by molar-refractivity contribution is 0.669. The van der Waals surface area contributed by atoms with Crippen LogP contribution in [0.5, 0.6) is 0 Å². The number of para-hydroxylation sites is 3. The molecular weight excluding hydrogens is 647 g/mol. The first kappa shape index (κ1) is 29.6. The van der Waals surface area contributed by atoms with Gasteiger partial charge in [-0.3, -0.25) is 0 Å². The highest BCUT2D eigenvalue weighted by Crippen LogP contribution is 2.43. The lowest BCUT2D eigenvalue weighted by Crippen LogP contribution is -2.10. The highest BCUT2D eigenvalue weighted by molar-refractivity contribution is 6.11. The molecule has 0 bridgehead atoms. The number of anilines is 3. The molecule has 11 aromatic rings. The van der Waals surface area contributed by atoms with Crippen molar-refractivity contribution < 1.29 is 8.83 Å². The van der Waals surface area contributed by atoms with Crippen LogP contribution in [0.4, 0.5) is 17.1 Å². The summed E-state index contributed by atoms with van der Waals surface area (Å²) in [5.41, 5.74) is 11.4. The van der Waals surface area contributed by atoms with Crippen LogP contribution in [0, 0.1) is 0 Å². The Kier molecular flexibility index (Phi) is 6.55. The molecule has 0 N–H and O–H groups in total. The summed E-state index contributed by atoms with van der Waals surface area (Å²) in [7, 11) is 0. The molecule has 9 aromatic carbocycles. The monoisotopic (exact) mass is 677 g/mol. The molecule has 0 radical (unpaired) electrons. The summed E-state index contributed by atoms with van der Waals surface area (Å²) < 4.78 is 12.8. The number of hydrogen-bond acceptors (Lipinski definition) is 3. The molecule has 3 nitrogen and oxygen atoms in total. The van der Waals surface area contributed by atoms with Gasteiger partial charge in [0, 0.05) is 32.9 Å². The van der Waals surface area contributed by atoms with Crippen molar-refractivity contribution >= 4 is 82.5 Å². The highest BCUT2D eigenvalue weighted by Gasteiger charge is 2.20. The van der Waals surface area contributed by atoms with Crippen molar-refractivity contribution in [2.24, 2.45) is 0 Å². The Morgan fingerprint density at radius 3 is 1.72 bits per heavy atom. The third-order valence-corrected chi connectivity index (χ3v) is 10.6. The van der Waals surface area contributed by atoms with E-state index in [-0.39, 0.29) is 0 Å². The summed E-state index contributed by atoms with van der Waals surface area (Å²) in [4.78, 5) is 2.31. The zero-order valence-corrected chi connectivity index (χ0v) is 28.7. The van der Waals surface area contributed by atoms with Gasteiger partial charge in [0.15, 0.2) is 5.58 Å². The molecule has 2 aromatic heterocycles. The molecule has 0 spiro atoms. The van der Waals surface area contributed by atoms with Gasteiger partial charge in [-0.25, -0.2) is 0 Å². The topological polar surface area (TPSA) is 29.5 Å². The fourth-order valence-electron chi connectivity index (χ4n) is 8.05. The molecule has 0 fully saturated rings. The minimum absolute atomic E-state index is 0.863. The van der Waals surface area contributed by atoms with E-state index in [0.717, 1.165) is 77.5 Å². The number of hydrogen-bond donors (Lipinski definition) is 0. The number of fused-ring (bicyclic) bond motifs is 8. The molecule has 0 saturated carbocycles. The summed E-state index contributed by atoms with van der Waals surface area (Å²) in [5, 5.41) is 9.35. The predicted molar refractivity (Wildman–Crippen MR) is 222 cm³/mol. The Morgan fingerprint density at radius 1 is 0.321 bits per heavy atom. The molecule has 3 heteroatoms. The Morgan fingerprint density at radius 2 is 0.925 bits per heavy atom. The number of benzene rings is 9. The summed E-state index contributed by atoms with van der Waals surface area (Å²) in [6.45, 7) is 0. The van der Waals surface area contributed by atoms with Crippen molar-refractivity contribution in [3.8, 4) is 22.3 Å². The Bertz CT molecular complexity index is 3160. The van der Waals surface area contributed by atoms with Crippen LogP contribution in [-0.2, 0) is 0 Å². The molecule has 0 atom stereocenters. The van der Waals surface area contributed by atoms with E-state index < -0.39 is 0 Å². The van der Waals surface area contributed by atoms with E-state index in [1.807, 2.05) is 24.3 Å². The van der Waals surface area contributed by atoms with Crippen LogP contribution < -0.4 is 4.90 Å². The van der Waals surface area contributed by atoms with Gasteiger partial charge < -0.3 is 13.7 Å². The molecule has 248 valence electrons. The van der Waals surface area contributed by atoms with Gasteiger partial charge in [0.25, 0.3) is 0 Å². The minimum Gasteiger partial charge on any atom is -0.456 e. The van der Waals surface area contributed by atoms with Gasteiger partial charge in [-0.15, -0.1) is 0 Å². The minimum atomic E-state index is 0.863. The van der Waals surface area contributed by atoms with Gasteiger partial charge in [-0.05, 0) is 104 Å². The Hall–Kier alpha value is -7.10. The number of rotatable bonds is 5. The standard InChI is InChI=1S/C50H31NO2/c1-2-11-40-33(9-1)10-7-14-41(40)34-23-27-39(28-24-34)51(46-16-8-15-44-42-12-3-6-18-48(42)53-50(44)46)38-25-21-32(22-26-38)35-19-20-36-30-45-43-13-4-5-17-47(43)52-49(45)31-37(36)29-35/h1-31H. The van der Waals surface area contributed by atoms with E-state index in [4.69, 9.17) is 8.83 Å². The quantitative estimate of drug-likeness (QED) is 0.182. The van der Waals surface area contributed by atoms with Crippen LogP contribution >= 0.6 is 0 Å². The number of nitrogens with zero attached hydrogens (tertiary/aromatic N) is 1. The van der Waals surface area contributed by atoms with E-state index >= 15 is 0 Å². The second-order valence-corrected chi connectivity index (χ2v) is 13.7. The average molecular weight is 678 g/mol. The summed E-state index contributed by atoms with van der Waals surface area (Å²) in [5.74, 6) is 0. The van der Waals surface area contributed by atoms with Gasteiger partial charge >= 0.3 is 0 Å². The van der Waals surface area contributed by atoms with E-state index in [0.29, 0.717) is 0 Å². The lowest BCUT2D eigenvalue weighted by atomic mass is 9.98.